The van der Waals surface area contributed by atoms with Crippen LogP contribution in [0.2, 0.25) is 0 Å². The number of benzene rings is 2. The van der Waals surface area contributed by atoms with Crippen molar-refractivity contribution >= 4 is 17.4 Å². The summed E-state index contributed by atoms with van der Waals surface area (Å²) in [4.78, 5) is 15.6. The molecule has 25 heavy (non-hydrogen) atoms. The molecule has 1 heterocycles. The first kappa shape index (κ1) is 16.6. The first-order valence-electron chi connectivity index (χ1n) is 7.50. The highest BCUT2D eigenvalue weighted by Crippen LogP contribution is 2.20. The van der Waals surface area contributed by atoms with Gasteiger partial charge >= 0.3 is 5.97 Å². The van der Waals surface area contributed by atoms with E-state index in [1.807, 2.05) is 0 Å². The second kappa shape index (κ2) is 6.72. The van der Waals surface area contributed by atoms with Gasteiger partial charge in [-0.05, 0) is 37.3 Å². The summed E-state index contributed by atoms with van der Waals surface area (Å²) in [5.74, 6) is -2.92. The van der Waals surface area contributed by atoms with Crippen LogP contribution in [0.15, 0.2) is 53.7 Å². The Morgan fingerprint density at radius 1 is 1.28 bits per heavy atom. The Hall–Kier alpha value is -3.22. The van der Waals surface area contributed by atoms with Crippen molar-refractivity contribution in [1.82, 2.24) is 5.01 Å². The van der Waals surface area contributed by atoms with E-state index in [1.165, 1.54) is 18.2 Å². The van der Waals surface area contributed by atoms with Crippen molar-refractivity contribution in [3.63, 3.8) is 0 Å². The van der Waals surface area contributed by atoms with Crippen molar-refractivity contribution in [3.05, 3.63) is 77.0 Å². The molecule has 2 aromatic carbocycles. The van der Waals surface area contributed by atoms with Crippen LogP contribution >= 0.6 is 0 Å². The van der Waals surface area contributed by atoms with Crippen LogP contribution in [0.1, 0.15) is 21.5 Å². The zero-order valence-electron chi connectivity index (χ0n) is 13.3. The van der Waals surface area contributed by atoms with Gasteiger partial charge in [-0.2, -0.15) is 0 Å². The van der Waals surface area contributed by atoms with E-state index in [0.717, 1.165) is 11.6 Å². The molecule has 5 nitrogen and oxygen atoms in total. The van der Waals surface area contributed by atoms with E-state index >= 15 is 0 Å². The van der Waals surface area contributed by atoms with E-state index in [9.17, 15) is 18.7 Å². The number of hydrogen-bond acceptors (Lipinski definition) is 4. The second-order valence-corrected chi connectivity index (χ2v) is 5.54. The van der Waals surface area contributed by atoms with Crippen LogP contribution in [-0.2, 0) is 0 Å². The monoisotopic (exact) mass is 343 g/mol. The molecule has 1 aliphatic heterocycles. The molecule has 0 bridgehead atoms. The lowest BCUT2D eigenvalue weighted by atomic mass is 10.1. The van der Waals surface area contributed by atoms with E-state index in [2.05, 4.69) is 10.4 Å². The van der Waals surface area contributed by atoms with Gasteiger partial charge in [-0.3, -0.25) is 15.4 Å². The maximum absolute atomic E-state index is 13.8. The molecule has 0 fully saturated rings. The molecule has 1 aliphatic rings. The lowest BCUT2D eigenvalue weighted by molar-refractivity contribution is 0.0697. The van der Waals surface area contributed by atoms with Crippen LogP contribution in [0.4, 0.5) is 14.5 Å². The predicted octanol–water partition coefficient (Wildman–Crippen LogP) is 3.57. The first-order valence-corrected chi connectivity index (χ1v) is 7.50. The summed E-state index contributed by atoms with van der Waals surface area (Å²) in [6.45, 7) is 1.93. The molecular formula is C18H15F2N3O2. The van der Waals surface area contributed by atoms with E-state index in [0.29, 0.717) is 11.4 Å². The number of rotatable bonds is 4. The molecule has 128 valence electrons. The standard InChI is InChI=1S/C18H15F2N3O2/c1-11-5-6-16(13(9-11)18(24)25)22-23-8-7-15(21-10-23)12-3-2-4-14(19)17(12)20/h2-9,22H,10H2,1H3,(H,24,25). The van der Waals surface area contributed by atoms with Crippen LogP contribution in [0.5, 0.6) is 0 Å². The molecule has 3 rings (SSSR count). The van der Waals surface area contributed by atoms with Gasteiger partial charge in [0.1, 0.15) is 6.67 Å². The number of anilines is 1. The summed E-state index contributed by atoms with van der Waals surface area (Å²) in [6, 6.07) is 8.93. The number of aryl methyl sites for hydroxylation is 1. The highest BCUT2D eigenvalue weighted by molar-refractivity contribution is 6.09. The maximum Gasteiger partial charge on any atom is 0.337 e. The molecule has 7 heteroatoms. The van der Waals surface area contributed by atoms with Crippen LogP contribution < -0.4 is 5.43 Å². The number of aromatic carboxylic acids is 1. The zero-order valence-corrected chi connectivity index (χ0v) is 13.3. The zero-order chi connectivity index (χ0) is 18.0. The summed E-state index contributed by atoms with van der Waals surface area (Å²) >= 11 is 0. The summed E-state index contributed by atoms with van der Waals surface area (Å²) in [6.07, 6.45) is 3.13. The van der Waals surface area contributed by atoms with E-state index in [1.54, 1.807) is 36.3 Å². The Kier molecular flexibility index (Phi) is 4.47. The minimum atomic E-state index is -1.04. The fourth-order valence-electron chi connectivity index (χ4n) is 2.45. The van der Waals surface area contributed by atoms with Gasteiger partial charge in [-0.1, -0.05) is 17.7 Å². The fraction of sp³-hybridized carbons (Fsp3) is 0.111. The SMILES string of the molecule is Cc1ccc(NN2C=CC(c3cccc(F)c3F)=NC2)c(C(=O)O)c1. The quantitative estimate of drug-likeness (QED) is 0.891. The molecule has 0 atom stereocenters. The van der Waals surface area contributed by atoms with Crippen LogP contribution in [0, 0.1) is 18.6 Å². The molecule has 0 unspecified atom stereocenters. The number of carboxylic acid groups (broad SMARTS) is 1. The molecule has 2 aromatic rings. The third-order valence-corrected chi connectivity index (χ3v) is 3.70. The first-order chi connectivity index (χ1) is 12.0. The lowest BCUT2D eigenvalue weighted by Gasteiger charge is -2.24. The van der Waals surface area contributed by atoms with Crippen LogP contribution in [-0.4, -0.2) is 28.5 Å². The highest BCUT2D eigenvalue weighted by atomic mass is 19.2. The largest absolute Gasteiger partial charge is 0.478 e. The number of nitrogens with one attached hydrogen (secondary N) is 1. The number of hydrazine groups is 1. The van der Waals surface area contributed by atoms with Crippen molar-refractivity contribution in [2.75, 3.05) is 12.1 Å². The lowest BCUT2D eigenvalue weighted by Crippen LogP contribution is -2.29. The number of aliphatic imine (C=N–C) groups is 1. The molecule has 0 spiro atoms. The van der Waals surface area contributed by atoms with Gasteiger partial charge in [-0.25, -0.2) is 13.6 Å². The fourth-order valence-corrected chi connectivity index (χ4v) is 2.45. The van der Waals surface area contributed by atoms with E-state index in [4.69, 9.17) is 0 Å². The Bertz CT molecular complexity index is 894. The van der Waals surface area contributed by atoms with Gasteiger partial charge in [0.2, 0.25) is 0 Å². The number of nitrogens with zero attached hydrogens (tertiary/aromatic N) is 2. The van der Waals surface area contributed by atoms with Gasteiger partial charge in [0.25, 0.3) is 0 Å². The summed E-state index contributed by atoms with van der Waals surface area (Å²) in [5.41, 5.74) is 4.73. The molecule has 0 amide bonds. The maximum atomic E-state index is 13.8. The van der Waals surface area contributed by atoms with Gasteiger partial charge < -0.3 is 5.11 Å². The molecular weight excluding hydrogens is 328 g/mol. The Labute approximate surface area is 142 Å². The van der Waals surface area contributed by atoms with Crippen molar-refractivity contribution in [2.24, 2.45) is 4.99 Å². The predicted molar refractivity (Wildman–Crippen MR) is 90.5 cm³/mol. The number of hydrogen-bond donors (Lipinski definition) is 2. The molecule has 0 aliphatic carbocycles. The number of allylic oxidation sites excluding steroid dienone is 1. The van der Waals surface area contributed by atoms with Crippen molar-refractivity contribution in [2.45, 2.75) is 6.92 Å². The average Bonchev–Trinajstić information content (AvgIpc) is 2.59. The van der Waals surface area contributed by atoms with E-state index < -0.39 is 17.6 Å². The summed E-state index contributed by atoms with van der Waals surface area (Å²) < 4.78 is 27.1. The van der Waals surface area contributed by atoms with Gasteiger partial charge in [0.05, 0.1) is 17.0 Å². The summed E-state index contributed by atoms with van der Waals surface area (Å²) in [7, 11) is 0. The molecule has 0 radical (unpaired) electrons. The van der Waals surface area contributed by atoms with Crippen molar-refractivity contribution in [1.29, 1.82) is 0 Å². The molecule has 0 aromatic heterocycles. The van der Waals surface area contributed by atoms with Crippen LogP contribution in [0.3, 0.4) is 0 Å². The second-order valence-electron chi connectivity index (χ2n) is 5.54. The Balaban J connectivity index is 1.77. The van der Waals surface area contributed by atoms with Gasteiger partial charge in [0.15, 0.2) is 11.6 Å². The highest BCUT2D eigenvalue weighted by Gasteiger charge is 2.16. The third-order valence-electron chi connectivity index (χ3n) is 3.70. The summed E-state index contributed by atoms with van der Waals surface area (Å²) in [5, 5.41) is 10.8. The van der Waals surface area contributed by atoms with E-state index in [-0.39, 0.29) is 17.8 Å². The smallest absolute Gasteiger partial charge is 0.337 e. The minimum absolute atomic E-state index is 0.0810. The topological polar surface area (TPSA) is 64.9 Å². The number of halogens is 2. The Morgan fingerprint density at radius 3 is 2.76 bits per heavy atom. The van der Waals surface area contributed by atoms with Gasteiger partial charge in [0, 0.05) is 11.8 Å². The van der Waals surface area contributed by atoms with Crippen molar-refractivity contribution in [3.8, 4) is 0 Å². The van der Waals surface area contributed by atoms with Crippen LogP contribution in [0.25, 0.3) is 0 Å². The molecule has 0 saturated heterocycles. The average molecular weight is 343 g/mol. The molecule has 2 N–H and O–H groups in total. The number of carboxylic acids is 1. The third kappa shape index (κ3) is 3.50. The minimum Gasteiger partial charge on any atom is -0.478 e. The van der Waals surface area contributed by atoms with Gasteiger partial charge in [-0.15, -0.1) is 0 Å². The van der Waals surface area contributed by atoms with Crippen molar-refractivity contribution < 1.29 is 18.7 Å². The number of carbonyl (C=O) groups is 1. The Morgan fingerprint density at radius 2 is 2.08 bits per heavy atom. The normalized spacial score (nSPS) is 13.6. The molecule has 0 saturated carbocycles.